The SMILES string of the molecule is CO[C@H]1OC(COS(=O)(=O)O)[C@@H](O[C@@H]2OC(C(=O)O)[C@H](O[C@@H]3OC(COS(=O)(=O)O)[C@@H](O[C@@H]4OC(C(=O)O)[C@@H](O[C@H]5OC(COS(=O)(=O)O)[C@@H](OCc6ccccc6)[C@@H](OCc6ccccc6)C5N=[N+]=[N-])[C@@H](OCc5ccccc5)C4OCc4ccccc4)[C@@H](OSOOO)C3N=[N+]=[N-])[C@H](OCc3ccccc3)C2OS(=O)(=O)O)[C@@H](OCc2ccccc2)C1N=[N+]=[N-]. The summed E-state index contributed by atoms with van der Waals surface area (Å²) in [5.41, 5.74) is 33.5. The molecule has 0 bridgehead atoms. The summed E-state index contributed by atoms with van der Waals surface area (Å²) in [5.74, 6) is -4.08. The smallest absolute Gasteiger partial charge is 0.397 e. The first kappa shape index (κ1) is 98.8. The maximum absolute atomic E-state index is 14.5. The van der Waals surface area contributed by atoms with Gasteiger partial charge in [0, 0.05) is 21.8 Å². The minimum atomic E-state index is -5.99. The Bertz CT molecular complexity index is 5130. The Labute approximate surface area is 727 Å². The van der Waals surface area contributed by atoms with Gasteiger partial charge in [-0.3, -0.25) is 22.4 Å². The third kappa shape index (κ3) is 28.9. The van der Waals surface area contributed by atoms with E-state index in [-0.39, 0.29) is 31.1 Å². The Kier molecular flexibility index (Phi) is 36.7. The molecule has 7 N–H and O–H groups in total. The van der Waals surface area contributed by atoms with Crippen LogP contribution in [0.3, 0.4) is 0 Å². The zero-order valence-corrected chi connectivity index (χ0v) is 69.9. The van der Waals surface area contributed by atoms with Crippen LogP contribution in [0.15, 0.2) is 197 Å². The molecule has 127 heavy (non-hydrogen) atoms. The van der Waals surface area contributed by atoms with Crippen LogP contribution in [0.1, 0.15) is 33.4 Å². The number of carboxylic acids is 2. The second kappa shape index (κ2) is 47.2. The van der Waals surface area contributed by atoms with Crippen LogP contribution in [0.2, 0.25) is 0 Å². The highest BCUT2D eigenvalue weighted by atomic mass is 32.3. The molecule has 0 saturated carbocycles. The van der Waals surface area contributed by atoms with Gasteiger partial charge in [0.25, 0.3) is 0 Å². The molecule has 0 aliphatic carbocycles. The Morgan fingerprint density at radius 1 is 0.362 bits per heavy atom. The molecule has 5 heterocycles. The number of hydrogen-bond acceptors (Lipinski definition) is 38. The summed E-state index contributed by atoms with van der Waals surface area (Å²) in [5, 5.41) is 48.2. The van der Waals surface area contributed by atoms with Crippen molar-refractivity contribution in [3.63, 3.8) is 0 Å². The van der Waals surface area contributed by atoms with E-state index in [1.54, 1.807) is 158 Å². The van der Waals surface area contributed by atoms with Gasteiger partial charge in [-0.25, -0.2) is 31.6 Å². The van der Waals surface area contributed by atoms with Crippen molar-refractivity contribution in [2.24, 2.45) is 15.3 Å². The quantitative estimate of drug-likeness (QED) is 0.00312. The molecular weight excluding hydrogens is 1800 g/mol. The van der Waals surface area contributed by atoms with E-state index >= 15 is 0 Å². The second-order valence-electron chi connectivity index (χ2n) is 27.8. The Morgan fingerprint density at radius 3 is 0.976 bits per heavy atom. The lowest BCUT2D eigenvalue weighted by Gasteiger charge is -2.51. The molecule has 5 fully saturated rings. The first-order chi connectivity index (χ1) is 60.9. The largest absolute Gasteiger partial charge is 0.479 e. The number of rotatable bonds is 47. The summed E-state index contributed by atoms with van der Waals surface area (Å²) >= 11 is -0.346. The number of ether oxygens (including phenoxy) is 16. The monoisotopic (exact) mass is 1890 g/mol. The lowest BCUT2D eigenvalue weighted by atomic mass is 9.93. The minimum absolute atomic E-state index is 0.197. The van der Waals surface area contributed by atoms with E-state index in [1.165, 1.54) is 24.3 Å². The molecule has 0 radical (unpaired) electrons. The van der Waals surface area contributed by atoms with Crippen molar-refractivity contribution < 1.29 is 183 Å². The number of methoxy groups -OCH3 is 1. The highest BCUT2D eigenvalue weighted by Gasteiger charge is 2.62. The number of hydrogen-bond donors (Lipinski definition) is 7. The van der Waals surface area contributed by atoms with E-state index in [1.807, 2.05) is 0 Å². The molecule has 11 rings (SSSR count). The van der Waals surface area contributed by atoms with Gasteiger partial charge in [0.15, 0.2) is 62.1 Å². The zero-order chi connectivity index (χ0) is 90.8. The van der Waals surface area contributed by atoms with Crippen LogP contribution in [0.25, 0.3) is 31.3 Å². The molecule has 0 aromatic heterocycles. The summed E-state index contributed by atoms with van der Waals surface area (Å²) in [6.07, 6.45) is -48.9. The third-order valence-electron chi connectivity index (χ3n) is 19.6. The number of nitrogens with zero attached hydrogens (tertiary/aromatic N) is 9. The lowest BCUT2D eigenvalue weighted by Crippen LogP contribution is -2.69. The van der Waals surface area contributed by atoms with Crippen molar-refractivity contribution >= 4 is 65.9 Å². The van der Waals surface area contributed by atoms with Gasteiger partial charge in [0.2, 0.25) is 0 Å². The topological polar surface area (TPSA) is 671 Å². The molecule has 5 aliphatic rings. The summed E-state index contributed by atoms with van der Waals surface area (Å²) in [6.45, 7) is -6.72. The van der Waals surface area contributed by atoms with Crippen LogP contribution in [-0.2, 0) is 197 Å². The third-order valence-corrected chi connectivity index (χ3v) is 21.8. The Hall–Kier alpha value is -8.78. The van der Waals surface area contributed by atoms with E-state index < -0.39 is 253 Å². The van der Waals surface area contributed by atoms with Gasteiger partial charge in [0.05, 0.1) is 59.5 Å². The Morgan fingerprint density at radius 2 is 0.646 bits per heavy atom. The van der Waals surface area contributed by atoms with Gasteiger partial charge in [0.1, 0.15) is 104 Å². The van der Waals surface area contributed by atoms with Gasteiger partial charge in [-0.15, -0.1) is 4.33 Å². The van der Waals surface area contributed by atoms with Crippen LogP contribution >= 0.6 is 12.3 Å². The van der Waals surface area contributed by atoms with Gasteiger partial charge < -0.3 is 86.0 Å². The zero-order valence-electron chi connectivity index (χ0n) is 65.8. The van der Waals surface area contributed by atoms with E-state index in [2.05, 4.69) is 39.4 Å². The van der Waals surface area contributed by atoms with Gasteiger partial charge in [-0.1, -0.05) is 202 Å². The molecule has 6 aromatic rings. The summed E-state index contributed by atoms with van der Waals surface area (Å²) in [7, 11) is -21.4. The number of benzene rings is 6. The maximum Gasteiger partial charge on any atom is 0.397 e. The molecule has 6 aromatic carbocycles. The molecule has 0 amide bonds. The van der Waals surface area contributed by atoms with E-state index in [4.69, 9.17) is 96.7 Å². The average molecular weight is 1890 g/mol. The minimum Gasteiger partial charge on any atom is -0.479 e. The standard InChI is InChI=1S/C73H83N9O40S5/c1-100-69-50(77-80-74)57(103-34-43-24-12-4-13-25-43)54(48(110-69)39-108-125(91,92)93)113-73-66(120-127(97,98)99)60(105-36-45-28-16-6-17-29-45)62(64(118-73)68(85)86)116-71-52(79-82-76)58(119-123-122-121-87)55(49(112-71)40-109-126(94,95)96)114-72-65(106-37-46-30-18-7-19-31-46)59(104-35-44-26-14-5-15-27-44)61(63(117-72)67(83)84)115-70-51(78-81-75)56(102-33-42-22-10-3-11-23-42)53(47(111-70)38-107-124(88,89)90)101-32-41-20-8-2-9-21-41/h2-31,47-66,69-73,87H,32-40H2,1H3,(H,83,84)(H,85,86)(H,88,89,90)(H,91,92,93)(H,94,95,96)(H,97,98,99)/t47?,48?,49?,50?,51?,52?,53-,54-,55-,56+,57+,58+,59-,60+,61+,62-,63?,64?,65?,66?,69+,70-,71+,72-,73-/m1/s1. The van der Waals surface area contributed by atoms with Crippen molar-refractivity contribution in [1.82, 2.24) is 0 Å². The summed E-state index contributed by atoms with van der Waals surface area (Å²) in [4.78, 5) is 37.6. The molecule has 49 nitrogen and oxygen atoms in total. The number of azide groups is 3. The predicted molar refractivity (Wildman–Crippen MR) is 420 cm³/mol. The number of carboxylic acid groups (broad SMARTS) is 2. The predicted octanol–water partition coefficient (Wildman–Crippen LogP) is 6.53. The molecule has 5 aliphatic heterocycles. The Balaban J connectivity index is 1.02. The van der Waals surface area contributed by atoms with Gasteiger partial charge in [-0.05, 0) is 50.0 Å². The molecule has 690 valence electrons. The van der Waals surface area contributed by atoms with Crippen molar-refractivity contribution in [1.29, 1.82) is 0 Å². The molecule has 25 atom stereocenters. The second-order valence-corrected chi connectivity index (χ2v) is 32.6. The number of aliphatic carboxylic acids is 2. The molecule has 0 spiro atoms. The molecule has 54 heteroatoms. The van der Waals surface area contributed by atoms with E-state index in [9.17, 15) is 93.5 Å². The fraction of sp³-hybridized carbons (Fsp3) is 0.479. The maximum atomic E-state index is 14.5. The van der Waals surface area contributed by atoms with Crippen LogP contribution in [0.5, 0.6) is 0 Å². The highest BCUT2D eigenvalue weighted by Crippen LogP contribution is 2.43. The van der Waals surface area contributed by atoms with Gasteiger partial charge in [-0.2, -0.15) is 33.7 Å². The molecule has 10 unspecified atom stereocenters. The fourth-order valence-electron chi connectivity index (χ4n) is 14.2. The average Bonchev–Trinajstić information content (AvgIpc) is 0.753. The molecule has 5 saturated heterocycles. The highest BCUT2D eigenvalue weighted by molar-refractivity contribution is 7.89. The summed E-state index contributed by atoms with van der Waals surface area (Å²) < 4.78 is 276. The van der Waals surface area contributed by atoms with E-state index in [0.29, 0.717) is 27.8 Å². The first-order valence-electron chi connectivity index (χ1n) is 37.7. The van der Waals surface area contributed by atoms with Crippen LogP contribution in [0.4, 0.5) is 0 Å². The van der Waals surface area contributed by atoms with E-state index in [0.717, 1.165) is 7.11 Å². The van der Waals surface area contributed by atoms with Crippen molar-refractivity contribution in [2.45, 2.75) is 193 Å². The van der Waals surface area contributed by atoms with Crippen LogP contribution in [-0.4, -0.2) is 260 Å². The van der Waals surface area contributed by atoms with Crippen LogP contribution < -0.4 is 0 Å². The molecular formula is C73H83N9O40S5. The summed E-state index contributed by atoms with van der Waals surface area (Å²) in [6, 6.07) is 42.2. The van der Waals surface area contributed by atoms with Gasteiger partial charge >= 0.3 is 53.5 Å². The van der Waals surface area contributed by atoms with Crippen molar-refractivity contribution in [3.8, 4) is 0 Å². The van der Waals surface area contributed by atoms with Crippen LogP contribution in [0, 0.1) is 0 Å². The van der Waals surface area contributed by atoms with Crippen molar-refractivity contribution in [3.05, 3.63) is 247 Å². The number of carbonyl (C=O) groups is 2. The van der Waals surface area contributed by atoms with Crippen molar-refractivity contribution in [2.75, 3.05) is 26.9 Å². The normalized spacial score (nSPS) is 30.0. The first-order valence-corrected chi connectivity index (χ1v) is 43.8. The fourth-order valence-corrected chi connectivity index (χ4v) is 15.9. The lowest BCUT2D eigenvalue weighted by molar-refractivity contribution is -0.435.